The molecule has 3 saturated heterocycles. The van der Waals surface area contributed by atoms with Crippen molar-refractivity contribution in [1.82, 2.24) is 24.6 Å². The van der Waals surface area contributed by atoms with Gasteiger partial charge in [-0.2, -0.15) is 5.10 Å². The summed E-state index contributed by atoms with van der Waals surface area (Å²) in [4.78, 5) is 14.1. The van der Waals surface area contributed by atoms with Crippen molar-refractivity contribution in [3.63, 3.8) is 0 Å². The first kappa shape index (κ1) is 24.1. The molecule has 3 fully saturated rings. The molecule has 2 aromatic heterocycles. The van der Waals surface area contributed by atoms with Gasteiger partial charge in [0, 0.05) is 42.2 Å². The average molecular weight is 513 g/mol. The second-order valence-corrected chi connectivity index (χ2v) is 10.5. The Morgan fingerprint density at radius 3 is 2.67 bits per heavy atom. The molecule has 0 aliphatic carbocycles. The Hall–Kier alpha value is -2.30. The van der Waals surface area contributed by atoms with E-state index in [-0.39, 0.29) is 12.7 Å². The van der Waals surface area contributed by atoms with Crippen molar-refractivity contribution in [2.75, 3.05) is 57.5 Å². The number of likely N-dealkylation sites (tertiary alicyclic amines) is 1. The molecule has 0 bridgehead atoms. The number of anilines is 1. The fourth-order valence-electron chi connectivity index (χ4n) is 5.79. The second-order valence-electron chi connectivity index (χ2n) is 10.1. The summed E-state index contributed by atoms with van der Waals surface area (Å²) in [5, 5.41) is 16.0. The Morgan fingerprint density at radius 1 is 1.06 bits per heavy atom. The first-order valence-electron chi connectivity index (χ1n) is 12.9. The molecule has 10 heteroatoms. The van der Waals surface area contributed by atoms with Gasteiger partial charge in [0.15, 0.2) is 5.82 Å². The average Bonchev–Trinajstić information content (AvgIpc) is 3.58. The predicted octanol–water partition coefficient (Wildman–Crippen LogP) is 2.94. The number of hydrogen-bond acceptors (Lipinski definition) is 8. The largest absolute Gasteiger partial charge is 0.394 e. The van der Waals surface area contributed by atoms with Crippen molar-refractivity contribution >= 4 is 28.3 Å². The summed E-state index contributed by atoms with van der Waals surface area (Å²) in [6, 6.07) is 6.78. The van der Waals surface area contributed by atoms with E-state index in [1.807, 2.05) is 29.9 Å². The molecule has 3 aromatic rings. The van der Waals surface area contributed by atoms with Gasteiger partial charge in [-0.05, 0) is 62.9 Å². The maximum absolute atomic E-state index is 9.54. The summed E-state index contributed by atoms with van der Waals surface area (Å²) in [5.41, 5.74) is 2.19. The summed E-state index contributed by atoms with van der Waals surface area (Å²) in [6.07, 6.45) is 4.97. The van der Waals surface area contributed by atoms with E-state index in [0.29, 0.717) is 30.9 Å². The van der Waals surface area contributed by atoms with Gasteiger partial charge in [-0.25, -0.2) is 14.6 Å². The fourth-order valence-corrected chi connectivity index (χ4v) is 6.11. The van der Waals surface area contributed by atoms with Gasteiger partial charge < -0.3 is 19.5 Å². The van der Waals surface area contributed by atoms with E-state index in [1.165, 1.54) is 5.56 Å². The first-order valence-corrected chi connectivity index (χ1v) is 13.3. The Balaban J connectivity index is 1.28. The van der Waals surface area contributed by atoms with E-state index in [2.05, 4.69) is 25.9 Å². The number of aliphatic hydroxyl groups is 1. The molecule has 9 nitrogen and oxygen atoms in total. The highest BCUT2D eigenvalue weighted by molar-refractivity contribution is 6.32. The van der Waals surface area contributed by atoms with Gasteiger partial charge >= 0.3 is 0 Å². The Kier molecular flexibility index (Phi) is 6.83. The number of morpholine rings is 1. The standard InChI is InChI=1S/C26H33ClN6O3/c1-17-29-25(32-7-9-36-21(14-32)15-34)12-26(30-17)33-24-11-22(23(27)10-19(24)13-28-33)18-2-5-31(6-3-18)20-4-8-35-16-20/h10-13,18,20-21,34H,2-9,14-16H2,1H3/t20?,21-/m0/s1. The van der Waals surface area contributed by atoms with Crippen molar-refractivity contribution in [2.24, 2.45) is 0 Å². The fraction of sp³-hybridized carbons (Fsp3) is 0.577. The van der Waals surface area contributed by atoms with Crippen LogP contribution in [0.5, 0.6) is 0 Å². The van der Waals surface area contributed by atoms with Crippen molar-refractivity contribution in [3.05, 3.63) is 40.8 Å². The highest BCUT2D eigenvalue weighted by atomic mass is 35.5. The van der Waals surface area contributed by atoms with Crippen LogP contribution >= 0.6 is 11.6 Å². The molecule has 3 aliphatic rings. The topological polar surface area (TPSA) is 88.8 Å². The molecular formula is C26H33ClN6O3. The first-order chi connectivity index (χ1) is 17.6. The molecule has 1 N–H and O–H groups in total. The highest BCUT2D eigenvalue weighted by Gasteiger charge is 2.29. The number of aryl methyl sites for hydroxylation is 1. The maximum atomic E-state index is 9.54. The van der Waals surface area contributed by atoms with Gasteiger partial charge in [0.25, 0.3) is 0 Å². The van der Waals surface area contributed by atoms with Crippen molar-refractivity contribution in [3.8, 4) is 5.82 Å². The van der Waals surface area contributed by atoms with Crippen LogP contribution in [0.2, 0.25) is 5.02 Å². The number of hydrogen-bond donors (Lipinski definition) is 1. The lowest BCUT2D eigenvalue weighted by atomic mass is 9.88. The molecule has 0 amide bonds. The maximum Gasteiger partial charge on any atom is 0.159 e. The SMILES string of the molecule is Cc1nc(N2CCO[C@H](CO)C2)cc(-n2ncc3cc(Cl)c(C4CCN(C5CCOC5)CC4)cc32)n1. The molecule has 6 rings (SSSR count). The number of halogens is 1. The number of benzene rings is 1. The van der Waals surface area contributed by atoms with Crippen LogP contribution in [0, 0.1) is 6.92 Å². The third-order valence-electron chi connectivity index (χ3n) is 7.77. The normalized spacial score (nSPS) is 24.1. The molecular weight excluding hydrogens is 480 g/mol. The van der Waals surface area contributed by atoms with Crippen LogP contribution in [-0.4, -0.2) is 94.5 Å². The van der Waals surface area contributed by atoms with Gasteiger partial charge in [-0.15, -0.1) is 0 Å². The third kappa shape index (κ3) is 4.70. The summed E-state index contributed by atoms with van der Waals surface area (Å²) < 4.78 is 13.1. The van der Waals surface area contributed by atoms with E-state index < -0.39 is 0 Å². The van der Waals surface area contributed by atoms with Gasteiger partial charge in [0.2, 0.25) is 0 Å². The van der Waals surface area contributed by atoms with E-state index in [0.717, 1.165) is 79.7 Å². The van der Waals surface area contributed by atoms with Gasteiger partial charge in [-0.3, -0.25) is 4.90 Å². The molecule has 192 valence electrons. The summed E-state index contributed by atoms with van der Waals surface area (Å²) in [6.45, 7) is 7.67. The van der Waals surface area contributed by atoms with Crippen LogP contribution in [0.25, 0.3) is 16.7 Å². The second kappa shape index (κ2) is 10.2. The molecule has 3 aliphatic heterocycles. The minimum Gasteiger partial charge on any atom is -0.394 e. The van der Waals surface area contributed by atoms with Crippen molar-refractivity contribution in [2.45, 2.75) is 44.2 Å². The molecule has 0 spiro atoms. The molecule has 2 atom stereocenters. The van der Waals surface area contributed by atoms with E-state index in [4.69, 9.17) is 26.1 Å². The van der Waals surface area contributed by atoms with E-state index in [1.54, 1.807) is 0 Å². The highest BCUT2D eigenvalue weighted by Crippen LogP contribution is 2.37. The molecule has 1 aromatic carbocycles. The lowest BCUT2D eigenvalue weighted by Gasteiger charge is -2.35. The van der Waals surface area contributed by atoms with Crippen LogP contribution < -0.4 is 4.90 Å². The number of nitrogens with zero attached hydrogens (tertiary/aromatic N) is 6. The lowest BCUT2D eigenvalue weighted by Crippen LogP contribution is -2.44. The number of ether oxygens (including phenoxy) is 2. The summed E-state index contributed by atoms with van der Waals surface area (Å²) in [5.74, 6) is 2.65. The zero-order chi connectivity index (χ0) is 24.6. The third-order valence-corrected chi connectivity index (χ3v) is 8.10. The number of fused-ring (bicyclic) bond motifs is 1. The number of rotatable bonds is 5. The van der Waals surface area contributed by atoms with Crippen molar-refractivity contribution in [1.29, 1.82) is 0 Å². The Bertz CT molecular complexity index is 1220. The lowest BCUT2D eigenvalue weighted by molar-refractivity contribution is 0.00335. The van der Waals surface area contributed by atoms with E-state index in [9.17, 15) is 5.11 Å². The molecule has 0 saturated carbocycles. The van der Waals surface area contributed by atoms with Crippen LogP contribution in [0.15, 0.2) is 24.4 Å². The summed E-state index contributed by atoms with van der Waals surface area (Å²) in [7, 11) is 0. The van der Waals surface area contributed by atoms with Crippen LogP contribution in [0.4, 0.5) is 5.82 Å². The molecule has 36 heavy (non-hydrogen) atoms. The molecule has 5 heterocycles. The Labute approximate surface area is 216 Å². The number of aromatic nitrogens is 4. The smallest absolute Gasteiger partial charge is 0.159 e. The van der Waals surface area contributed by atoms with Gasteiger partial charge in [0.1, 0.15) is 11.6 Å². The van der Waals surface area contributed by atoms with Crippen LogP contribution in [0.1, 0.15) is 36.6 Å². The summed E-state index contributed by atoms with van der Waals surface area (Å²) >= 11 is 6.80. The minimum atomic E-state index is -0.208. The quantitative estimate of drug-likeness (QED) is 0.558. The minimum absolute atomic E-state index is 0.00584. The zero-order valence-electron chi connectivity index (χ0n) is 20.6. The van der Waals surface area contributed by atoms with Crippen LogP contribution in [0.3, 0.4) is 0 Å². The number of aliphatic hydroxyl groups excluding tert-OH is 1. The number of piperidine rings is 1. The predicted molar refractivity (Wildman–Crippen MR) is 138 cm³/mol. The Morgan fingerprint density at radius 2 is 1.89 bits per heavy atom. The monoisotopic (exact) mass is 512 g/mol. The van der Waals surface area contributed by atoms with Gasteiger partial charge in [-0.1, -0.05) is 11.6 Å². The molecule has 0 radical (unpaired) electrons. The van der Waals surface area contributed by atoms with Gasteiger partial charge in [0.05, 0.1) is 37.6 Å². The molecule has 1 unspecified atom stereocenters. The van der Waals surface area contributed by atoms with E-state index >= 15 is 0 Å². The van der Waals surface area contributed by atoms with Crippen LogP contribution in [-0.2, 0) is 9.47 Å². The zero-order valence-corrected chi connectivity index (χ0v) is 21.4. The van der Waals surface area contributed by atoms with Crippen molar-refractivity contribution < 1.29 is 14.6 Å².